The Morgan fingerprint density at radius 1 is 1.39 bits per heavy atom. The van der Waals surface area contributed by atoms with Crippen LogP contribution in [0.2, 0.25) is 0 Å². The van der Waals surface area contributed by atoms with Gasteiger partial charge < -0.3 is 15.5 Å². The number of nitrogens with zero attached hydrogens (tertiary/aromatic N) is 1. The molecule has 18 heavy (non-hydrogen) atoms. The predicted molar refractivity (Wildman–Crippen MR) is 64.5 cm³/mol. The number of piperazine rings is 1. The molecular weight excluding hydrogens is 237 g/mol. The van der Waals surface area contributed by atoms with Crippen LogP contribution in [-0.4, -0.2) is 42.9 Å². The van der Waals surface area contributed by atoms with Gasteiger partial charge in [-0.1, -0.05) is 0 Å². The number of carbonyl (C=O) groups is 2. The summed E-state index contributed by atoms with van der Waals surface area (Å²) in [5.41, 5.74) is 0.518. The Hall–Kier alpha value is -1.95. The molecule has 5 nitrogen and oxygen atoms in total. The van der Waals surface area contributed by atoms with E-state index in [4.69, 9.17) is 0 Å². The molecule has 96 valence electrons. The lowest BCUT2D eigenvalue weighted by Crippen LogP contribution is -2.50. The summed E-state index contributed by atoms with van der Waals surface area (Å²) in [6.07, 6.45) is 0. The van der Waals surface area contributed by atoms with E-state index in [1.54, 1.807) is 0 Å². The number of carbonyl (C=O) groups excluding carboxylic acids is 2. The standard InChI is InChI=1S/C12H14FN3O2/c13-9-1-3-10(4-2-9)15-11(17)8-16-6-5-14-7-12(16)18/h1-4,14H,5-8H2,(H,15,17). The number of amides is 2. The minimum Gasteiger partial charge on any atom is -0.331 e. The summed E-state index contributed by atoms with van der Waals surface area (Å²) >= 11 is 0. The summed E-state index contributed by atoms with van der Waals surface area (Å²) in [6, 6.07) is 5.50. The van der Waals surface area contributed by atoms with Gasteiger partial charge in [0.15, 0.2) is 0 Å². The molecule has 0 atom stereocenters. The maximum absolute atomic E-state index is 12.7. The molecule has 1 fully saturated rings. The molecule has 0 unspecified atom stereocenters. The summed E-state index contributed by atoms with van der Waals surface area (Å²) in [5.74, 6) is -0.724. The highest BCUT2D eigenvalue weighted by molar-refractivity contribution is 5.94. The van der Waals surface area contributed by atoms with E-state index in [-0.39, 0.29) is 30.7 Å². The molecule has 0 bridgehead atoms. The number of rotatable bonds is 3. The van der Waals surface area contributed by atoms with Gasteiger partial charge in [0.05, 0.1) is 13.1 Å². The molecule has 6 heteroatoms. The molecule has 2 N–H and O–H groups in total. The lowest BCUT2D eigenvalue weighted by atomic mass is 10.3. The molecular formula is C12H14FN3O2. The molecule has 2 amide bonds. The Labute approximate surface area is 104 Å². The minimum absolute atomic E-state index is 0.0257. The fourth-order valence-electron chi connectivity index (χ4n) is 1.72. The van der Waals surface area contributed by atoms with E-state index in [1.807, 2.05) is 0 Å². The first-order chi connectivity index (χ1) is 8.65. The van der Waals surface area contributed by atoms with Gasteiger partial charge >= 0.3 is 0 Å². The van der Waals surface area contributed by atoms with Gasteiger partial charge in [-0.05, 0) is 24.3 Å². The van der Waals surface area contributed by atoms with E-state index < -0.39 is 0 Å². The van der Waals surface area contributed by atoms with Crippen molar-refractivity contribution < 1.29 is 14.0 Å². The second-order valence-electron chi connectivity index (χ2n) is 4.05. The largest absolute Gasteiger partial charge is 0.331 e. The number of benzene rings is 1. The number of nitrogens with one attached hydrogen (secondary N) is 2. The molecule has 1 saturated heterocycles. The molecule has 1 aromatic carbocycles. The number of anilines is 1. The van der Waals surface area contributed by atoms with Crippen molar-refractivity contribution in [2.75, 3.05) is 31.5 Å². The first-order valence-corrected chi connectivity index (χ1v) is 5.69. The average Bonchev–Trinajstić information content (AvgIpc) is 2.35. The van der Waals surface area contributed by atoms with Crippen LogP contribution >= 0.6 is 0 Å². The van der Waals surface area contributed by atoms with Crippen molar-refractivity contribution in [3.8, 4) is 0 Å². The van der Waals surface area contributed by atoms with E-state index >= 15 is 0 Å². The molecule has 1 heterocycles. The number of hydrogen-bond acceptors (Lipinski definition) is 3. The zero-order valence-corrected chi connectivity index (χ0v) is 9.78. The maximum Gasteiger partial charge on any atom is 0.243 e. The van der Waals surface area contributed by atoms with E-state index in [0.717, 1.165) is 0 Å². The molecule has 0 spiro atoms. The number of halogens is 1. The third kappa shape index (κ3) is 3.27. The topological polar surface area (TPSA) is 61.4 Å². The molecule has 1 aliphatic heterocycles. The van der Waals surface area contributed by atoms with Gasteiger partial charge in [0.2, 0.25) is 11.8 Å². The molecule has 2 rings (SSSR count). The van der Waals surface area contributed by atoms with Crippen molar-refractivity contribution >= 4 is 17.5 Å². The molecule has 0 aliphatic carbocycles. The van der Waals surface area contributed by atoms with Crippen LogP contribution in [0.15, 0.2) is 24.3 Å². The van der Waals surface area contributed by atoms with Gasteiger partial charge in [0.25, 0.3) is 0 Å². The van der Waals surface area contributed by atoms with E-state index in [1.165, 1.54) is 29.2 Å². The maximum atomic E-state index is 12.7. The fraction of sp³-hybridized carbons (Fsp3) is 0.333. The highest BCUT2D eigenvalue weighted by Crippen LogP contribution is 2.08. The summed E-state index contributed by atoms with van der Waals surface area (Å²) in [5, 5.41) is 5.55. The van der Waals surface area contributed by atoms with Crippen molar-refractivity contribution in [1.29, 1.82) is 0 Å². The van der Waals surface area contributed by atoms with E-state index in [2.05, 4.69) is 10.6 Å². The smallest absolute Gasteiger partial charge is 0.243 e. The summed E-state index contributed by atoms with van der Waals surface area (Å²) in [7, 11) is 0. The van der Waals surface area contributed by atoms with Crippen LogP contribution in [0.25, 0.3) is 0 Å². The fourth-order valence-corrected chi connectivity index (χ4v) is 1.72. The van der Waals surface area contributed by atoms with Crippen molar-refractivity contribution in [2.24, 2.45) is 0 Å². The Balaban J connectivity index is 1.88. The van der Waals surface area contributed by atoms with Crippen LogP contribution in [0.3, 0.4) is 0 Å². The van der Waals surface area contributed by atoms with Crippen molar-refractivity contribution in [3.05, 3.63) is 30.1 Å². The molecule has 0 aromatic heterocycles. The quantitative estimate of drug-likeness (QED) is 0.806. The van der Waals surface area contributed by atoms with E-state index in [0.29, 0.717) is 18.8 Å². The van der Waals surface area contributed by atoms with Crippen LogP contribution < -0.4 is 10.6 Å². The van der Waals surface area contributed by atoms with Crippen LogP contribution in [0.5, 0.6) is 0 Å². The Morgan fingerprint density at radius 2 is 2.11 bits per heavy atom. The lowest BCUT2D eigenvalue weighted by Gasteiger charge is -2.26. The Kier molecular flexibility index (Phi) is 3.88. The normalized spacial score (nSPS) is 15.6. The van der Waals surface area contributed by atoms with Gasteiger partial charge in [-0.25, -0.2) is 4.39 Å². The van der Waals surface area contributed by atoms with Crippen LogP contribution in [0, 0.1) is 5.82 Å². The average molecular weight is 251 g/mol. The monoisotopic (exact) mass is 251 g/mol. The molecule has 1 aliphatic rings. The zero-order chi connectivity index (χ0) is 13.0. The van der Waals surface area contributed by atoms with Gasteiger partial charge in [-0.15, -0.1) is 0 Å². The second-order valence-corrected chi connectivity index (χ2v) is 4.05. The highest BCUT2D eigenvalue weighted by atomic mass is 19.1. The zero-order valence-electron chi connectivity index (χ0n) is 9.78. The van der Waals surface area contributed by atoms with Crippen molar-refractivity contribution in [2.45, 2.75) is 0 Å². The Morgan fingerprint density at radius 3 is 2.78 bits per heavy atom. The van der Waals surface area contributed by atoms with E-state index in [9.17, 15) is 14.0 Å². The predicted octanol–water partition coefficient (Wildman–Crippen LogP) is 0.196. The van der Waals surface area contributed by atoms with Crippen LogP contribution in [0.4, 0.5) is 10.1 Å². The molecule has 0 saturated carbocycles. The van der Waals surface area contributed by atoms with Gasteiger partial charge in [-0.2, -0.15) is 0 Å². The van der Waals surface area contributed by atoms with Crippen LogP contribution in [0.1, 0.15) is 0 Å². The highest BCUT2D eigenvalue weighted by Gasteiger charge is 2.19. The lowest BCUT2D eigenvalue weighted by molar-refractivity contribution is -0.135. The van der Waals surface area contributed by atoms with Crippen molar-refractivity contribution in [1.82, 2.24) is 10.2 Å². The third-order valence-electron chi connectivity index (χ3n) is 2.65. The van der Waals surface area contributed by atoms with Gasteiger partial charge in [0.1, 0.15) is 5.82 Å². The number of hydrogen-bond donors (Lipinski definition) is 2. The first-order valence-electron chi connectivity index (χ1n) is 5.69. The second kappa shape index (κ2) is 5.59. The SMILES string of the molecule is O=C(CN1CCNCC1=O)Nc1ccc(F)cc1. The van der Waals surface area contributed by atoms with Gasteiger partial charge in [-0.3, -0.25) is 9.59 Å². The summed E-state index contributed by atoms with van der Waals surface area (Å²) in [4.78, 5) is 24.6. The third-order valence-corrected chi connectivity index (χ3v) is 2.65. The van der Waals surface area contributed by atoms with Crippen LogP contribution in [-0.2, 0) is 9.59 Å². The minimum atomic E-state index is -0.356. The summed E-state index contributed by atoms with van der Waals surface area (Å²) < 4.78 is 12.7. The van der Waals surface area contributed by atoms with Crippen molar-refractivity contribution in [3.63, 3.8) is 0 Å². The summed E-state index contributed by atoms with van der Waals surface area (Å²) in [6.45, 7) is 1.51. The molecule has 1 aromatic rings. The first kappa shape index (κ1) is 12.5. The Bertz CT molecular complexity index is 447. The molecule has 0 radical (unpaired) electrons. The van der Waals surface area contributed by atoms with Gasteiger partial charge in [0, 0.05) is 18.8 Å².